The van der Waals surface area contributed by atoms with E-state index in [1.807, 2.05) is 0 Å². The number of rotatable bonds is 4. The molecule has 2 fully saturated rings. The monoisotopic (exact) mass is 378 g/mol. The highest BCUT2D eigenvalue weighted by atomic mass is 35.5. The number of nitrogens with one attached hydrogen (secondary N) is 1. The summed E-state index contributed by atoms with van der Waals surface area (Å²) in [6, 6.07) is 4.42. The Kier molecular flexibility index (Phi) is 4.91. The quantitative estimate of drug-likeness (QED) is 0.888. The molecule has 2 saturated heterocycles. The fourth-order valence-corrected chi connectivity index (χ4v) is 3.74. The van der Waals surface area contributed by atoms with Gasteiger partial charge in [-0.25, -0.2) is 14.1 Å². The van der Waals surface area contributed by atoms with Crippen LogP contribution in [0.1, 0.15) is 54.9 Å². The maximum Gasteiger partial charge on any atom is 0.220 e. The first-order valence-corrected chi connectivity index (χ1v) is 9.24. The lowest BCUT2D eigenvalue weighted by Gasteiger charge is -2.18. The van der Waals surface area contributed by atoms with Gasteiger partial charge in [0.25, 0.3) is 0 Å². The van der Waals surface area contributed by atoms with Gasteiger partial charge in [0.15, 0.2) is 5.82 Å². The maximum absolute atomic E-state index is 14.2. The van der Waals surface area contributed by atoms with Crippen LogP contribution in [0.5, 0.6) is 0 Å². The topological polar surface area (TPSA) is 69.0 Å². The predicted molar refractivity (Wildman–Crippen MR) is 93.4 cm³/mol. The second-order valence-corrected chi connectivity index (χ2v) is 7.14. The van der Waals surface area contributed by atoms with Gasteiger partial charge in [-0.1, -0.05) is 17.7 Å². The molecule has 1 amide bonds. The normalized spacial score (nSPS) is 21.2. The molecule has 2 aliphatic heterocycles. The third kappa shape index (κ3) is 3.46. The van der Waals surface area contributed by atoms with Crippen molar-refractivity contribution in [2.45, 2.75) is 44.2 Å². The molecule has 8 heteroatoms. The zero-order chi connectivity index (χ0) is 18.1. The Morgan fingerprint density at radius 3 is 2.81 bits per heavy atom. The Bertz CT molecular complexity index is 799. The van der Waals surface area contributed by atoms with E-state index in [0.717, 1.165) is 18.7 Å². The standard InChI is InChI=1S/C18H20ClFN4O2/c19-13-2-1-3-14(20)12(13)10-24-18(15-4-5-16(25)21-15)22-17(23-24)11-6-8-26-9-7-11/h1-3,11,15H,4-10H2,(H,21,25). The Hall–Kier alpha value is -1.99. The second kappa shape index (κ2) is 7.32. The fourth-order valence-electron chi connectivity index (χ4n) is 3.52. The van der Waals surface area contributed by atoms with Crippen molar-refractivity contribution in [2.24, 2.45) is 0 Å². The molecular formula is C18H20ClFN4O2. The van der Waals surface area contributed by atoms with E-state index < -0.39 is 0 Å². The van der Waals surface area contributed by atoms with Crippen LogP contribution < -0.4 is 5.32 Å². The number of ether oxygens (including phenoxy) is 1. The molecule has 4 rings (SSSR count). The smallest absolute Gasteiger partial charge is 0.220 e. The number of benzene rings is 1. The lowest BCUT2D eigenvalue weighted by molar-refractivity contribution is -0.119. The van der Waals surface area contributed by atoms with Crippen LogP contribution in [0, 0.1) is 5.82 Å². The Morgan fingerprint density at radius 2 is 2.12 bits per heavy atom. The Labute approximate surface area is 155 Å². The number of amides is 1. The minimum atomic E-state index is -0.373. The highest BCUT2D eigenvalue weighted by molar-refractivity contribution is 6.31. The van der Waals surface area contributed by atoms with Gasteiger partial charge < -0.3 is 10.1 Å². The van der Waals surface area contributed by atoms with E-state index in [2.05, 4.69) is 10.4 Å². The second-order valence-electron chi connectivity index (χ2n) is 6.73. The molecule has 0 bridgehead atoms. The third-order valence-corrected chi connectivity index (χ3v) is 5.33. The average molecular weight is 379 g/mol. The predicted octanol–water partition coefficient (Wildman–Crippen LogP) is 2.96. The van der Waals surface area contributed by atoms with E-state index in [1.54, 1.807) is 16.8 Å². The van der Waals surface area contributed by atoms with Gasteiger partial charge in [0, 0.05) is 36.1 Å². The average Bonchev–Trinajstić information content (AvgIpc) is 3.25. The summed E-state index contributed by atoms with van der Waals surface area (Å²) in [7, 11) is 0. The van der Waals surface area contributed by atoms with E-state index >= 15 is 0 Å². The van der Waals surface area contributed by atoms with Crippen molar-refractivity contribution in [3.63, 3.8) is 0 Å². The summed E-state index contributed by atoms with van der Waals surface area (Å²) >= 11 is 6.18. The lowest BCUT2D eigenvalue weighted by Crippen LogP contribution is -2.22. The molecule has 1 N–H and O–H groups in total. The third-order valence-electron chi connectivity index (χ3n) is 4.98. The number of aromatic nitrogens is 3. The van der Waals surface area contributed by atoms with E-state index in [9.17, 15) is 9.18 Å². The van der Waals surface area contributed by atoms with E-state index in [-0.39, 0.29) is 30.2 Å². The minimum absolute atomic E-state index is 0.00101. The summed E-state index contributed by atoms with van der Waals surface area (Å²) in [4.78, 5) is 16.4. The fraction of sp³-hybridized carbons (Fsp3) is 0.500. The number of hydrogen-bond acceptors (Lipinski definition) is 4. The molecule has 26 heavy (non-hydrogen) atoms. The van der Waals surface area contributed by atoms with Crippen LogP contribution in [0.15, 0.2) is 18.2 Å². The largest absolute Gasteiger partial charge is 0.381 e. The first kappa shape index (κ1) is 17.4. The van der Waals surface area contributed by atoms with Gasteiger partial charge in [0.05, 0.1) is 12.6 Å². The molecule has 0 radical (unpaired) electrons. The molecule has 1 aromatic carbocycles. The molecule has 1 unspecified atom stereocenters. The molecule has 6 nitrogen and oxygen atoms in total. The number of nitrogens with zero attached hydrogens (tertiary/aromatic N) is 3. The van der Waals surface area contributed by atoms with Crippen LogP contribution >= 0.6 is 11.6 Å². The van der Waals surface area contributed by atoms with Crippen molar-refractivity contribution in [3.05, 3.63) is 46.3 Å². The Morgan fingerprint density at radius 1 is 1.31 bits per heavy atom. The van der Waals surface area contributed by atoms with E-state index in [0.29, 0.717) is 42.5 Å². The van der Waals surface area contributed by atoms with Crippen LogP contribution in [-0.2, 0) is 16.1 Å². The minimum Gasteiger partial charge on any atom is -0.381 e. The summed E-state index contributed by atoms with van der Waals surface area (Å²) in [5, 5.41) is 7.94. The van der Waals surface area contributed by atoms with Crippen molar-refractivity contribution in [3.8, 4) is 0 Å². The zero-order valence-corrected chi connectivity index (χ0v) is 15.0. The van der Waals surface area contributed by atoms with Gasteiger partial charge in [0.1, 0.15) is 11.6 Å². The first-order valence-electron chi connectivity index (χ1n) is 8.86. The van der Waals surface area contributed by atoms with Gasteiger partial charge in [-0.2, -0.15) is 5.10 Å². The molecule has 0 aliphatic carbocycles. The van der Waals surface area contributed by atoms with Crippen LogP contribution in [0.3, 0.4) is 0 Å². The molecular weight excluding hydrogens is 359 g/mol. The van der Waals surface area contributed by atoms with Crippen molar-refractivity contribution in [1.29, 1.82) is 0 Å². The molecule has 1 aromatic heterocycles. The summed E-state index contributed by atoms with van der Waals surface area (Å²) in [5.74, 6) is 1.24. The maximum atomic E-state index is 14.2. The Balaban J connectivity index is 1.69. The molecule has 2 aromatic rings. The summed E-state index contributed by atoms with van der Waals surface area (Å²) in [6.07, 6.45) is 2.85. The molecule has 138 valence electrons. The summed E-state index contributed by atoms with van der Waals surface area (Å²) in [5.41, 5.74) is 0.378. The van der Waals surface area contributed by atoms with Crippen LogP contribution in [0.4, 0.5) is 4.39 Å². The summed E-state index contributed by atoms with van der Waals surface area (Å²) in [6.45, 7) is 1.56. The van der Waals surface area contributed by atoms with Gasteiger partial charge in [-0.3, -0.25) is 4.79 Å². The van der Waals surface area contributed by atoms with Crippen molar-refractivity contribution >= 4 is 17.5 Å². The number of carbonyl (C=O) groups excluding carboxylic acids is 1. The number of hydrogen-bond donors (Lipinski definition) is 1. The van der Waals surface area contributed by atoms with E-state index in [4.69, 9.17) is 21.3 Å². The highest BCUT2D eigenvalue weighted by Crippen LogP contribution is 2.29. The van der Waals surface area contributed by atoms with Gasteiger partial charge in [-0.05, 0) is 31.4 Å². The van der Waals surface area contributed by atoms with Gasteiger partial charge in [0.2, 0.25) is 5.91 Å². The van der Waals surface area contributed by atoms with Crippen molar-refractivity contribution < 1.29 is 13.9 Å². The molecule has 0 spiro atoms. The SMILES string of the molecule is O=C1CCC(c2nc(C3CCOCC3)nn2Cc2c(F)cccc2Cl)N1. The van der Waals surface area contributed by atoms with Crippen LogP contribution in [-0.4, -0.2) is 33.9 Å². The number of halogens is 2. The summed E-state index contributed by atoms with van der Waals surface area (Å²) < 4.78 is 21.3. The zero-order valence-electron chi connectivity index (χ0n) is 14.3. The molecule has 3 heterocycles. The van der Waals surface area contributed by atoms with E-state index in [1.165, 1.54) is 6.07 Å². The van der Waals surface area contributed by atoms with Crippen LogP contribution in [0.25, 0.3) is 0 Å². The van der Waals surface area contributed by atoms with Crippen LogP contribution in [0.2, 0.25) is 5.02 Å². The van der Waals surface area contributed by atoms with Gasteiger partial charge >= 0.3 is 0 Å². The molecule has 0 saturated carbocycles. The molecule has 2 aliphatic rings. The number of carbonyl (C=O) groups is 1. The first-order chi connectivity index (χ1) is 12.6. The van der Waals surface area contributed by atoms with Crippen molar-refractivity contribution in [1.82, 2.24) is 20.1 Å². The lowest BCUT2D eigenvalue weighted by atomic mass is 10.00. The highest BCUT2D eigenvalue weighted by Gasteiger charge is 2.30. The molecule has 1 atom stereocenters. The van der Waals surface area contributed by atoms with Crippen molar-refractivity contribution in [2.75, 3.05) is 13.2 Å². The van der Waals surface area contributed by atoms with Gasteiger partial charge in [-0.15, -0.1) is 0 Å².